The monoisotopic (exact) mass is 1680 g/mol. The van der Waals surface area contributed by atoms with Crippen molar-refractivity contribution in [2.24, 2.45) is 23.7 Å². The molecule has 0 radical (unpaired) electrons. The van der Waals surface area contributed by atoms with E-state index in [1.54, 1.807) is 58.0 Å². The fourth-order valence-electron chi connectivity index (χ4n) is 18.1. The number of aromatic nitrogens is 10. The summed E-state index contributed by atoms with van der Waals surface area (Å²) in [6.07, 6.45) is 27.6. The highest BCUT2D eigenvalue weighted by molar-refractivity contribution is 6.38. The van der Waals surface area contributed by atoms with E-state index in [0.717, 1.165) is 117 Å². The maximum Gasteiger partial charge on any atom is 0.407 e. The fraction of sp³-hybridized carbons (Fsp3) is 0.554. The number of pyridine rings is 1. The summed E-state index contributed by atoms with van der Waals surface area (Å²) in [7, 11) is 1.64. The summed E-state index contributed by atoms with van der Waals surface area (Å²) in [6, 6.07) is 9.35. The molecule has 5 fully saturated rings. The molecule has 7 aliphatic rings. The molecular weight excluding hydrogens is 1570 g/mol. The van der Waals surface area contributed by atoms with Crippen molar-refractivity contribution in [1.29, 1.82) is 0 Å². The second kappa shape index (κ2) is 42.2. The van der Waals surface area contributed by atoms with Crippen LogP contribution >= 0.6 is 0 Å². The number of nitrogens with zero attached hydrogens (tertiary/aromatic N) is 15. The number of aliphatic hydroxyl groups excluding tert-OH is 1. The van der Waals surface area contributed by atoms with E-state index in [4.69, 9.17) is 34.5 Å². The molecule has 2 unspecified atom stereocenters. The highest BCUT2D eigenvalue weighted by Gasteiger charge is 2.42. The Morgan fingerprint density at radius 2 is 1.44 bits per heavy atom. The summed E-state index contributed by atoms with van der Waals surface area (Å²) >= 11 is 0. The first-order chi connectivity index (χ1) is 59.6. The third-order valence-corrected chi connectivity index (χ3v) is 25.6. The number of hydrogen-bond donors (Lipinski definition) is 4. The zero-order valence-corrected chi connectivity index (χ0v) is 71.9. The number of nitrogens with two attached hydrogens (primary N) is 1. The van der Waals surface area contributed by atoms with Crippen LogP contribution in [0.2, 0.25) is 0 Å². The first kappa shape index (κ1) is 88.7. The number of nitrogens with one attached hydrogen (secondary N) is 2. The van der Waals surface area contributed by atoms with E-state index in [1.165, 1.54) is 16.8 Å². The van der Waals surface area contributed by atoms with E-state index in [2.05, 4.69) is 83.0 Å². The number of H-pyrrole nitrogens is 1. The zero-order chi connectivity index (χ0) is 86.0. The number of piperidine rings is 1. The molecule has 2 bridgehead atoms. The van der Waals surface area contributed by atoms with Gasteiger partial charge in [-0.3, -0.25) is 33.8 Å². The number of carbonyl (C=O) groups is 7. The average Bonchev–Trinajstić information content (AvgIpc) is 1.62. The molecule has 7 aromatic rings. The van der Waals surface area contributed by atoms with Crippen LogP contribution in [0, 0.1) is 23.7 Å². The van der Waals surface area contributed by atoms with Crippen LogP contribution in [0.25, 0.3) is 33.3 Å². The molecule has 31 heteroatoms. The van der Waals surface area contributed by atoms with Gasteiger partial charge in [0.1, 0.15) is 59.4 Å². The van der Waals surface area contributed by atoms with Crippen LogP contribution in [0.5, 0.6) is 0 Å². The maximum atomic E-state index is 14.5. The molecular formula is C92H120N18O13. The van der Waals surface area contributed by atoms with E-state index in [9.17, 15) is 38.7 Å². The van der Waals surface area contributed by atoms with Crippen molar-refractivity contribution in [2.45, 2.75) is 206 Å². The third kappa shape index (κ3) is 23.3. The molecule has 0 spiro atoms. The van der Waals surface area contributed by atoms with Gasteiger partial charge in [-0.1, -0.05) is 75.4 Å². The minimum atomic E-state index is -1.08. The summed E-state index contributed by atoms with van der Waals surface area (Å²) < 4.78 is 32.5. The number of amides is 3. The van der Waals surface area contributed by atoms with Gasteiger partial charge >= 0.3 is 12.1 Å². The van der Waals surface area contributed by atoms with Crippen molar-refractivity contribution in [1.82, 2.24) is 74.6 Å². The lowest BCUT2D eigenvalue weighted by Gasteiger charge is -2.36. The molecule has 14 rings (SSSR count). The molecule has 1 saturated carbocycles. The van der Waals surface area contributed by atoms with Crippen LogP contribution in [-0.2, 0) is 73.7 Å². The number of alkyl carbamates (subject to hydrolysis) is 1. The number of aliphatic hydroxyl groups is 1. The molecule has 12 heterocycles. The van der Waals surface area contributed by atoms with Gasteiger partial charge in [-0.15, -0.1) is 0 Å². The predicted octanol–water partition coefficient (Wildman–Crippen LogP) is 10.1. The molecule has 6 aliphatic heterocycles. The number of hydrogen-bond acceptors (Lipinski definition) is 26. The third-order valence-electron chi connectivity index (χ3n) is 25.6. The van der Waals surface area contributed by atoms with Gasteiger partial charge in [-0.05, 0) is 156 Å². The van der Waals surface area contributed by atoms with E-state index in [1.807, 2.05) is 79.1 Å². The first-order valence-corrected chi connectivity index (χ1v) is 44.2. The van der Waals surface area contributed by atoms with Crippen LogP contribution in [0.3, 0.4) is 0 Å². The lowest BCUT2D eigenvalue weighted by Crippen LogP contribution is -2.54. The van der Waals surface area contributed by atoms with Gasteiger partial charge in [0, 0.05) is 184 Å². The van der Waals surface area contributed by atoms with Gasteiger partial charge in [0.25, 0.3) is 11.8 Å². The Morgan fingerprint density at radius 3 is 2.17 bits per heavy atom. The normalized spacial score (nSPS) is 25.9. The standard InChI is InChI=1S/C92H120N18O13/c1-59-13-8-7-9-14-60(2)80(119-6)48-73-15-12-17-79(121-73)83(114)88(116)109-29-11-10-16-75(109)89(117)122-74(47-76(111)62(4)44-63(5)78(113)49-77(112)61(3)43-59)25-21-64-19-23-72(24-20-64)123-92(118)100-52-66-50-96-90(97-51-66)106-35-31-104(32-36-106)39-41-120-42-40-105-33-37-107(38-34-105)91-98-54-71(55-99-91)87(115)108-30-27-67-45-65(18-22-69(67)57-108)56-110-86-81(84(93)101-58-102-86)82(103-110)70-46-68-26-28-94-85(68)95-53-70/h7-9,13-14,18,22,26,28,44-46,50-51,53-55,58-59,61-62,64,72-75,78-80,113H,10-12,15-17,19-21,23-25,27,29-43,47-49,52,56-57H2,1-6H3,(H,94,95)(H,100,118)(H2,93,101,102)/b9-7?,13-8+,60-14?,63-44+/t59-,61-,62-,64?,72?,73?,74-,75+,78+,79?,80+/m1/s1. The number of allylic oxidation sites excluding steroid dienone is 6. The van der Waals surface area contributed by atoms with Crippen LogP contribution in [0.1, 0.15) is 170 Å². The Bertz CT molecular complexity index is 4950. The number of aromatic amines is 1. The lowest BCUT2D eigenvalue weighted by molar-refractivity contribution is -0.167. The molecule has 3 amide bonds. The number of nitrogen functional groups attached to an aromatic ring is 1. The number of esters is 1. The highest BCUT2D eigenvalue weighted by atomic mass is 16.6. The molecule has 4 saturated heterocycles. The Labute approximate surface area is 719 Å². The number of Topliss-reactive ketones (excluding diaryl/α,β-unsaturated/α-hetero) is 3. The molecule has 9 atom stereocenters. The lowest BCUT2D eigenvalue weighted by atomic mass is 9.83. The number of ether oxygens (including phenoxy) is 5. The number of methoxy groups -OCH3 is 1. The Hall–Kier alpha value is -10.6. The number of fused-ring (bicyclic) bond motifs is 6. The predicted molar refractivity (Wildman–Crippen MR) is 465 cm³/mol. The number of piperazine rings is 2. The number of rotatable bonds is 19. The minimum absolute atomic E-state index is 0.0723. The number of benzene rings is 1. The largest absolute Gasteiger partial charge is 0.460 e. The smallest absolute Gasteiger partial charge is 0.407 e. The zero-order valence-electron chi connectivity index (χ0n) is 71.9. The van der Waals surface area contributed by atoms with Crippen molar-refractivity contribution in [3.05, 3.63) is 149 Å². The van der Waals surface area contributed by atoms with Crippen molar-refractivity contribution < 1.29 is 62.4 Å². The quantitative estimate of drug-likeness (QED) is 0.0253. The number of anilines is 3. The first-order valence-electron chi connectivity index (χ1n) is 44.2. The van der Waals surface area contributed by atoms with Gasteiger partial charge in [-0.2, -0.15) is 5.10 Å². The van der Waals surface area contributed by atoms with Gasteiger partial charge in [0.2, 0.25) is 17.7 Å². The Kier molecular flexibility index (Phi) is 30.4. The molecule has 5 N–H and O–H groups in total. The summed E-state index contributed by atoms with van der Waals surface area (Å²) in [5, 5.41) is 20.8. The van der Waals surface area contributed by atoms with E-state index in [-0.39, 0.29) is 79.5 Å². The van der Waals surface area contributed by atoms with Crippen molar-refractivity contribution in [3.8, 4) is 11.3 Å². The number of carbonyl (C=O) groups excluding carboxylic acids is 7. The van der Waals surface area contributed by atoms with Crippen LogP contribution in [0.15, 0.2) is 121 Å². The van der Waals surface area contributed by atoms with Crippen LogP contribution in [0.4, 0.5) is 22.5 Å². The molecule has 1 aliphatic carbocycles. The number of cyclic esters (lactones) is 1. The Balaban J connectivity index is 0.476. The topological polar surface area (TPSA) is 367 Å². The van der Waals surface area contributed by atoms with E-state index >= 15 is 0 Å². The van der Waals surface area contributed by atoms with E-state index < -0.39 is 54.0 Å². The summed E-state index contributed by atoms with van der Waals surface area (Å²) in [5.74, 6) is -1.60. The molecule has 656 valence electrons. The molecule has 1 aromatic carbocycles. The van der Waals surface area contributed by atoms with E-state index in [0.29, 0.717) is 162 Å². The molecule has 6 aromatic heterocycles. The van der Waals surface area contributed by atoms with Crippen molar-refractivity contribution in [3.63, 3.8) is 0 Å². The summed E-state index contributed by atoms with van der Waals surface area (Å²) in [5.41, 5.74) is 15.4. The Morgan fingerprint density at radius 1 is 0.707 bits per heavy atom. The van der Waals surface area contributed by atoms with Crippen molar-refractivity contribution >= 4 is 81.0 Å². The second-order valence-corrected chi connectivity index (χ2v) is 34.5. The summed E-state index contributed by atoms with van der Waals surface area (Å²) in [4.78, 5) is 145. The summed E-state index contributed by atoms with van der Waals surface area (Å²) in [6.45, 7) is 20.7. The van der Waals surface area contributed by atoms with Crippen molar-refractivity contribution in [2.75, 3.05) is 114 Å². The minimum Gasteiger partial charge on any atom is -0.460 e. The van der Waals surface area contributed by atoms with Crippen LogP contribution in [-0.4, -0.2) is 257 Å². The van der Waals surface area contributed by atoms with Gasteiger partial charge in [-0.25, -0.2) is 49.2 Å². The molecule has 31 nitrogen and oxygen atoms in total. The molecule has 123 heavy (non-hydrogen) atoms. The van der Waals surface area contributed by atoms with Gasteiger partial charge in [0.15, 0.2) is 5.65 Å². The second-order valence-electron chi connectivity index (χ2n) is 34.5. The SMILES string of the molecule is CO[C@H]1CC2CCCC(O2)C(=O)C(=O)N2CCCC[C@H]2C(=O)O[C@H](CCC2CCC(OC(=O)NCc3cnc(N4CCN(CCOCCN5CCN(c6ncc(C(=O)N7CCc8cc(Cn9nc(-c%10cnc%11[nH]ccc%11c%10)c%10c(N)ncnc%109)ccc8C7)cn6)CC5)CC4)nc3)CC2)CC(=O)[C@H](C)/C=C(\C)[C@@H](O)CC(=O)[C@H](C)C[C@H](C)/C=C/C=CC=C1C. The van der Waals surface area contributed by atoms with Crippen LogP contribution < -0.4 is 20.9 Å². The van der Waals surface area contributed by atoms with Gasteiger partial charge < -0.3 is 64.4 Å². The maximum absolute atomic E-state index is 14.5. The number of ketones is 3. The highest BCUT2D eigenvalue weighted by Crippen LogP contribution is 2.36. The average molecular weight is 1690 g/mol. The fourth-order valence-corrected chi connectivity index (χ4v) is 18.1. The van der Waals surface area contributed by atoms with Gasteiger partial charge in [0.05, 0.1) is 49.0 Å².